The zero-order valence-electron chi connectivity index (χ0n) is 9.63. The Morgan fingerprint density at radius 2 is 1.95 bits per heavy atom. The molecule has 0 saturated heterocycles. The Morgan fingerprint density at radius 1 is 1.21 bits per heavy atom. The summed E-state index contributed by atoms with van der Waals surface area (Å²) in [6.45, 7) is 0. The van der Waals surface area contributed by atoms with Gasteiger partial charge in [-0.2, -0.15) is 5.26 Å². The molecule has 0 aliphatic rings. The van der Waals surface area contributed by atoms with Crippen LogP contribution in [0.25, 0.3) is 0 Å². The van der Waals surface area contributed by atoms with E-state index in [1.807, 2.05) is 6.07 Å². The highest BCUT2D eigenvalue weighted by Crippen LogP contribution is 2.32. The van der Waals surface area contributed by atoms with Crippen LogP contribution < -0.4 is 4.74 Å². The van der Waals surface area contributed by atoms with E-state index in [9.17, 15) is 4.79 Å². The van der Waals surface area contributed by atoms with Crippen LogP contribution in [0.2, 0.25) is 0 Å². The van der Waals surface area contributed by atoms with Gasteiger partial charge in [0.05, 0.1) is 16.1 Å². The summed E-state index contributed by atoms with van der Waals surface area (Å²) in [4.78, 5) is 11.1. The van der Waals surface area contributed by atoms with Gasteiger partial charge < -0.3 is 9.84 Å². The van der Waals surface area contributed by atoms with Crippen LogP contribution in [0.5, 0.6) is 11.5 Å². The maximum absolute atomic E-state index is 11.1. The summed E-state index contributed by atoms with van der Waals surface area (Å²) in [5, 5.41) is 17.8. The zero-order valence-corrected chi connectivity index (χ0v) is 11.2. The largest absolute Gasteiger partial charge is 0.478 e. The van der Waals surface area contributed by atoms with Gasteiger partial charge in [-0.25, -0.2) is 4.79 Å². The van der Waals surface area contributed by atoms with Crippen molar-refractivity contribution in [3.8, 4) is 17.6 Å². The number of carbonyl (C=O) groups is 1. The summed E-state index contributed by atoms with van der Waals surface area (Å²) in [6.07, 6.45) is 0. The molecule has 0 spiro atoms. The van der Waals surface area contributed by atoms with Gasteiger partial charge in [0.25, 0.3) is 0 Å². The van der Waals surface area contributed by atoms with Gasteiger partial charge in [-0.05, 0) is 46.3 Å². The highest BCUT2D eigenvalue weighted by atomic mass is 79.9. The third-order valence-electron chi connectivity index (χ3n) is 2.40. The van der Waals surface area contributed by atoms with Crippen molar-refractivity contribution in [2.75, 3.05) is 0 Å². The predicted octanol–water partition coefficient (Wildman–Crippen LogP) is 3.81. The normalized spacial score (nSPS) is 9.68. The van der Waals surface area contributed by atoms with Crippen molar-refractivity contribution >= 4 is 21.9 Å². The minimum Gasteiger partial charge on any atom is -0.478 e. The Kier molecular flexibility index (Phi) is 3.83. The molecule has 2 rings (SSSR count). The lowest BCUT2D eigenvalue weighted by Gasteiger charge is -2.10. The summed E-state index contributed by atoms with van der Waals surface area (Å²) < 4.78 is 6.15. The van der Waals surface area contributed by atoms with E-state index in [2.05, 4.69) is 15.9 Å². The van der Waals surface area contributed by atoms with Crippen LogP contribution in [-0.2, 0) is 0 Å². The number of aromatic carboxylic acids is 1. The Morgan fingerprint density at radius 3 is 2.58 bits per heavy atom. The monoisotopic (exact) mass is 317 g/mol. The van der Waals surface area contributed by atoms with E-state index in [4.69, 9.17) is 15.1 Å². The Bertz CT molecular complexity index is 677. The number of hydrogen-bond acceptors (Lipinski definition) is 3. The number of benzene rings is 2. The number of carboxylic acid groups (broad SMARTS) is 1. The molecule has 0 saturated carbocycles. The highest BCUT2D eigenvalue weighted by Gasteiger charge is 2.12. The third-order valence-corrected chi connectivity index (χ3v) is 3.02. The van der Waals surface area contributed by atoms with Crippen LogP contribution in [0, 0.1) is 11.3 Å². The first-order valence-electron chi connectivity index (χ1n) is 5.31. The predicted molar refractivity (Wildman–Crippen MR) is 72.3 cm³/mol. The van der Waals surface area contributed by atoms with Gasteiger partial charge in [-0.1, -0.05) is 12.1 Å². The Labute approximate surface area is 118 Å². The molecule has 5 heteroatoms. The minimum absolute atomic E-state index is 0.0822. The Hall–Kier alpha value is -2.32. The number of rotatable bonds is 3. The van der Waals surface area contributed by atoms with Crippen LogP contribution in [0.1, 0.15) is 15.9 Å². The number of carboxylic acids is 1. The summed E-state index contributed by atoms with van der Waals surface area (Å²) in [5.74, 6) is -0.353. The molecule has 0 amide bonds. The summed E-state index contributed by atoms with van der Waals surface area (Å²) in [6, 6.07) is 13.2. The van der Waals surface area contributed by atoms with Gasteiger partial charge in [0.15, 0.2) is 0 Å². The second-order valence-corrected chi connectivity index (χ2v) is 4.51. The molecule has 1 N–H and O–H groups in total. The molecular weight excluding hydrogens is 310 g/mol. The maximum atomic E-state index is 11.1. The number of ether oxygens (including phenoxy) is 1. The summed E-state index contributed by atoms with van der Waals surface area (Å²) >= 11 is 3.28. The number of para-hydroxylation sites is 1. The van der Waals surface area contributed by atoms with Crippen LogP contribution in [0.15, 0.2) is 46.9 Å². The second kappa shape index (κ2) is 5.55. The lowest BCUT2D eigenvalue weighted by Crippen LogP contribution is -1.99. The van der Waals surface area contributed by atoms with E-state index in [-0.39, 0.29) is 11.3 Å². The molecule has 0 bridgehead atoms. The third kappa shape index (κ3) is 2.92. The lowest BCUT2D eigenvalue weighted by atomic mass is 10.2. The number of halogens is 1. The fourth-order valence-corrected chi connectivity index (χ4v) is 1.96. The van der Waals surface area contributed by atoms with Crippen molar-refractivity contribution in [3.05, 3.63) is 58.1 Å². The van der Waals surface area contributed by atoms with E-state index in [1.165, 1.54) is 6.07 Å². The standard InChI is InChI=1S/C14H8BrNO3/c15-11-7-9(8-16)5-6-13(11)19-12-4-2-1-3-10(12)14(17)18/h1-7H,(H,17,18). The van der Waals surface area contributed by atoms with Gasteiger partial charge in [-0.3, -0.25) is 0 Å². The number of nitriles is 1. The van der Waals surface area contributed by atoms with Gasteiger partial charge >= 0.3 is 5.97 Å². The summed E-state index contributed by atoms with van der Waals surface area (Å²) in [7, 11) is 0. The first-order valence-corrected chi connectivity index (χ1v) is 6.11. The number of hydrogen-bond donors (Lipinski definition) is 1. The fraction of sp³-hybridized carbons (Fsp3) is 0. The topological polar surface area (TPSA) is 70.3 Å². The molecule has 0 atom stereocenters. The highest BCUT2D eigenvalue weighted by molar-refractivity contribution is 9.10. The quantitative estimate of drug-likeness (QED) is 0.934. The van der Waals surface area contributed by atoms with E-state index in [1.54, 1.807) is 36.4 Å². The maximum Gasteiger partial charge on any atom is 0.339 e. The van der Waals surface area contributed by atoms with Crippen molar-refractivity contribution in [2.24, 2.45) is 0 Å². The molecule has 2 aromatic rings. The SMILES string of the molecule is N#Cc1ccc(Oc2ccccc2C(=O)O)c(Br)c1. The van der Waals surface area contributed by atoms with E-state index in [0.29, 0.717) is 15.8 Å². The van der Waals surface area contributed by atoms with Gasteiger partial charge in [0.1, 0.15) is 17.1 Å². The minimum atomic E-state index is -1.06. The molecule has 0 fully saturated rings. The average molecular weight is 318 g/mol. The lowest BCUT2D eigenvalue weighted by molar-refractivity contribution is 0.0694. The molecule has 0 aliphatic carbocycles. The molecule has 19 heavy (non-hydrogen) atoms. The molecule has 0 heterocycles. The van der Waals surface area contributed by atoms with Crippen molar-refractivity contribution in [2.45, 2.75) is 0 Å². The first-order chi connectivity index (χ1) is 9.11. The Balaban J connectivity index is 2.37. The molecule has 4 nitrogen and oxygen atoms in total. The van der Waals surface area contributed by atoms with Crippen LogP contribution in [0.3, 0.4) is 0 Å². The molecule has 94 valence electrons. The second-order valence-electron chi connectivity index (χ2n) is 3.66. The fourth-order valence-electron chi connectivity index (χ4n) is 1.50. The molecule has 0 aliphatic heterocycles. The van der Waals surface area contributed by atoms with Gasteiger partial charge in [0, 0.05) is 0 Å². The average Bonchev–Trinajstić information content (AvgIpc) is 2.41. The molecular formula is C14H8BrNO3. The van der Waals surface area contributed by atoms with Crippen molar-refractivity contribution in [3.63, 3.8) is 0 Å². The molecule has 0 unspecified atom stereocenters. The van der Waals surface area contributed by atoms with Crippen molar-refractivity contribution < 1.29 is 14.6 Å². The number of nitrogens with zero attached hydrogens (tertiary/aromatic N) is 1. The van der Waals surface area contributed by atoms with E-state index >= 15 is 0 Å². The van der Waals surface area contributed by atoms with E-state index in [0.717, 1.165) is 0 Å². The smallest absolute Gasteiger partial charge is 0.339 e. The molecule has 2 aromatic carbocycles. The zero-order chi connectivity index (χ0) is 13.8. The van der Waals surface area contributed by atoms with Crippen molar-refractivity contribution in [1.82, 2.24) is 0 Å². The van der Waals surface area contributed by atoms with Crippen LogP contribution in [-0.4, -0.2) is 11.1 Å². The van der Waals surface area contributed by atoms with E-state index < -0.39 is 5.97 Å². The van der Waals surface area contributed by atoms with Crippen LogP contribution >= 0.6 is 15.9 Å². The summed E-state index contributed by atoms with van der Waals surface area (Å²) in [5.41, 5.74) is 0.574. The van der Waals surface area contributed by atoms with Crippen LogP contribution in [0.4, 0.5) is 0 Å². The molecule has 0 aromatic heterocycles. The van der Waals surface area contributed by atoms with Gasteiger partial charge in [-0.15, -0.1) is 0 Å². The van der Waals surface area contributed by atoms with Crippen molar-refractivity contribution in [1.29, 1.82) is 5.26 Å². The van der Waals surface area contributed by atoms with Gasteiger partial charge in [0.2, 0.25) is 0 Å². The first kappa shape index (κ1) is 13.1. The molecule has 0 radical (unpaired) electrons.